The number of nitrogens with one attached hydrogen (secondary N) is 1. The molecule has 0 unspecified atom stereocenters. The number of hydrogen-bond donors (Lipinski definition) is 2. The van der Waals surface area contributed by atoms with E-state index < -0.39 is 5.91 Å². The van der Waals surface area contributed by atoms with Crippen molar-refractivity contribution in [1.82, 2.24) is 5.48 Å². The van der Waals surface area contributed by atoms with E-state index in [9.17, 15) is 9.59 Å². The van der Waals surface area contributed by atoms with E-state index in [2.05, 4.69) is 0 Å². The minimum absolute atomic E-state index is 0.00794. The lowest BCUT2D eigenvalue weighted by atomic mass is 10.1. The molecule has 20 heavy (non-hydrogen) atoms. The largest absolute Gasteiger partial charge is 0.482 e. The number of anilines is 1. The average molecular weight is 297 g/mol. The van der Waals surface area contributed by atoms with Crippen molar-refractivity contribution in [3.63, 3.8) is 0 Å². The first kappa shape index (κ1) is 14.4. The van der Waals surface area contributed by atoms with E-state index in [0.717, 1.165) is 0 Å². The fourth-order valence-electron chi connectivity index (χ4n) is 1.86. The van der Waals surface area contributed by atoms with E-state index in [1.54, 1.807) is 23.1 Å². The Hall–Kier alpha value is -2.05. The van der Waals surface area contributed by atoms with Crippen LogP contribution in [0.4, 0.5) is 5.69 Å². The van der Waals surface area contributed by atoms with Gasteiger partial charge in [-0.15, -0.1) is 11.6 Å². The van der Waals surface area contributed by atoms with Crippen LogP contribution in [0, 0.1) is 0 Å². The Balaban J connectivity index is 2.30. The number of benzene rings is 1. The Morgan fingerprint density at radius 3 is 3.05 bits per heavy atom. The van der Waals surface area contributed by atoms with Crippen molar-refractivity contribution in [2.24, 2.45) is 0 Å². The Morgan fingerprint density at radius 2 is 2.35 bits per heavy atom. The molecule has 2 N–H and O–H groups in total. The zero-order valence-corrected chi connectivity index (χ0v) is 11.3. The van der Waals surface area contributed by atoms with Gasteiger partial charge in [0.25, 0.3) is 11.8 Å². The van der Waals surface area contributed by atoms with Gasteiger partial charge in [-0.1, -0.05) is 6.07 Å². The summed E-state index contributed by atoms with van der Waals surface area (Å²) in [7, 11) is 0. The van der Waals surface area contributed by atoms with Crippen molar-refractivity contribution in [3.8, 4) is 5.75 Å². The fraction of sp³-hybridized carbons (Fsp3) is 0.231. The number of fused-ring (bicyclic) bond motifs is 1. The number of carbonyl (C=O) groups excluding carboxylic acids is 2. The summed E-state index contributed by atoms with van der Waals surface area (Å²) >= 11 is 5.70. The first-order chi connectivity index (χ1) is 9.65. The van der Waals surface area contributed by atoms with Crippen LogP contribution in [0.3, 0.4) is 0 Å². The topological polar surface area (TPSA) is 78.9 Å². The highest BCUT2D eigenvalue weighted by molar-refractivity contribution is 6.18. The molecule has 0 radical (unpaired) electrons. The zero-order valence-electron chi connectivity index (χ0n) is 10.5. The number of rotatable bonds is 4. The van der Waals surface area contributed by atoms with Gasteiger partial charge in [0.05, 0.1) is 5.69 Å². The molecule has 1 heterocycles. The van der Waals surface area contributed by atoms with E-state index in [4.69, 9.17) is 21.5 Å². The summed E-state index contributed by atoms with van der Waals surface area (Å²) in [6.45, 7) is 0.382. The summed E-state index contributed by atoms with van der Waals surface area (Å²) in [5.74, 6) is 0.122. The Kier molecular flexibility index (Phi) is 4.60. The van der Waals surface area contributed by atoms with Gasteiger partial charge in [-0.25, -0.2) is 5.48 Å². The molecular weight excluding hydrogens is 284 g/mol. The third-order valence-corrected chi connectivity index (χ3v) is 2.94. The second-order valence-electron chi connectivity index (χ2n) is 4.06. The summed E-state index contributed by atoms with van der Waals surface area (Å²) in [4.78, 5) is 24.3. The highest BCUT2D eigenvalue weighted by atomic mass is 35.5. The molecule has 1 aliphatic rings. The van der Waals surface area contributed by atoms with E-state index in [-0.39, 0.29) is 12.5 Å². The summed E-state index contributed by atoms with van der Waals surface area (Å²) in [5.41, 5.74) is 2.82. The molecular formula is C13H13ClN2O4. The fourth-order valence-corrected chi connectivity index (χ4v) is 2.03. The van der Waals surface area contributed by atoms with E-state index in [0.29, 0.717) is 29.4 Å². The number of nitrogens with zero attached hydrogens (tertiary/aromatic N) is 1. The number of carbonyl (C=O) groups is 2. The highest BCUT2D eigenvalue weighted by Gasteiger charge is 2.24. The Labute approximate surface area is 120 Å². The van der Waals surface area contributed by atoms with Crippen LogP contribution in [0.25, 0.3) is 6.08 Å². The van der Waals surface area contributed by atoms with Crippen LogP contribution in [0.2, 0.25) is 0 Å². The van der Waals surface area contributed by atoms with Gasteiger partial charge < -0.3 is 9.64 Å². The Morgan fingerprint density at radius 1 is 1.55 bits per heavy atom. The SMILES string of the molecule is O=C(/C=C/c1ccc2c(c1)N(CCCl)C(=O)CO2)NO. The maximum Gasteiger partial charge on any atom is 0.267 e. The lowest BCUT2D eigenvalue weighted by molar-refractivity contribution is -0.124. The predicted molar refractivity (Wildman–Crippen MR) is 74.0 cm³/mol. The molecule has 0 atom stereocenters. The molecule has 2 amide bonds. The van der Waals surface area contributed by atoms with Crippen molar-refractivity contribution in [3.05, 3.63) is 29.8 Å². The first-order valence-corrected chi connectivity index (χ1v) is 6.44. The third kappa shape index (κ3) is 3.09. The molecule has 0 saturated heterocycles. The van der Waals surface area contributed by atoms with Gasteiger partial charge in [-0.2, -0.15) is 0 Å². The van der Waals surface area contributed by atoms with Crippen LogP contribution in [-0.4, -0.2) is 36.1 Å². The molecule has 0 bridgehead atoms. The lowest BCUT2D eigenvalue weighted by Gasteiger charge is -2.29. The molecule has 0 saturated carbocycles. The van der Waals surface area contributed by atoms with Crippen molar-refractivity contribution in [2.75, 3.05) is 23.9 Å². The second kappa shape index (κ2) is 6.40. The second-order valence-corrected chi connectivity index (χ2v) is 4.44. The molecule has 0 spiro atoms. The number of ether oxygens (including phenoxy) is 1. The van der Waals surface area contributed by atoms with Crippen LogP contribution >= 0.6 is 11.6 Å². The van der Waals surface area contributed by atoms with Gasteiger partial charge in [0.15, 0.2) is 6.61 Å². The monoisotopic (exact) mass is 296 g/mol. The predicted octanol–water partition coefficient (Wildman–Crippen LogP) is 1.17. The van der Waals surface area contributed by atoms with Gasteiger partial charge >= 0.3 is 0 Å². The number of hydrogen-bond acceptors (Lipinski definition) is 4. The highest BCUT2D eigenvalue weighted by Crippen LogP contribution is 2.33. The maximum atomic E-state index is 11.8. The third-order valence-electron chi connectivity index (χ3n) is 2.77. The van der Waals surface area contributed by atoms with Crippen LogP contribution in [0.5, 0.6) is 5.75 Å². The molecule has 6 nitrogen and oxygen atoms in total. The molecule has 0 fully saturated rings. The average Bonchev–Trinajstić information content (AvgIpc) is 2.47. The van der Waals surface area contributed by atoms with Crippen LogP contribution in [0.15, 0.2) is 24.3 Å². The minimum atomic E-state index is -0.632. The standard InChI is InChI=1S/C13H13ClN2O4/c14-5-6-16-10-7-9(2-4-12(17)15-19)1-3-11(10)20-8-13(16)18/h1-4,7,19H,5-6,8H2,(H,15,17)/b4-2+. The lowest BCUT2D eigenvalue weighted by Crippen LogP contribution is -2.40. The van der Waals surface area contributed by atoms with E-state index in [1.807, 2.05) is 0 Å². The van der Waals surface area contributed by atoms with Gasteiger partial charge in [0.2, 0.25) is 0 Å². The summed E-state index contributed by atoms with van der Waals surface area (Å²) < 4.78 is 5.34. The quantitative estimate of drug-likeness (QED) is 0.378. The summed E-state index contributed by atoms with van der Waals surface area (Å²) in [6, 6.07) is 5.19. The molecule has 1 aromatic rings. The van der Waals surface area contributed by atoms with Crippen LogP contribution in [-0.2, 0) is 9.59 Å². The number of alkyl halides is 1. The van der Waals surface area contributed by atoms with Crippen molar-refractivity contribution in [1.29, 1.82) is 0 Å². The van der Waals surface area contributed by atoms with Crippen molar-refractivity contribution < 1.29 is 19.5 Å². The first-order valence-electron chi connectivity index (χ1n) is 5.91. The summed E-state index contributed by atoms with van der Waals surface area (Å²) in [5, 5.41) is 8.41. The normalized spacial score (nSPS) is 14.1. The van der Waals surface area contributed by atoms with Crippen molar-refractivity contribution in [2.45, 2.75) is 0 Å². The molecule has 2 rings (SSSR count). The molecule has 106 valence electrons. The van der Waals surface area contributed by atoms with Gasteiger partial charge in [0.1, 0.15) is 5.75 Å². The van der Waals surface area contributed by atoms with E-state index in [1.165, 1.54) is 17.6 Å². The van der Waals surface area contributed by atoms with Crippen LogP contribution < -0.4 is 15.1 Å². The molecule has 1 aromatic carbocycles. The molecule has 1 aliphatic heterocycles. The van der Waals surface area contributed by atoms with Crippen LogP contribution in [0.1, 0.15) is 5.56 Å². The zero-order chi connectivity index (χ0) is 14.5. The number of hydroxylamine groups is 1. The molecule has 7 heteroatoms. The van der Waals surface area contributed by atoms with Gasteiger partial charge in [-0.3, -0.25) is 14.8 Å². The van der Waals surface area contributed by atoms with Gasteiger partial charge in [0, 0.05) is 18.5 Å². The van der Waals surface area contributed by atoms with Crippen molar-refractivity contribution >= 4 is 35.2 Å². The smallest absolute Gasteiger partial charge is 0.267 e. The molecule has 0 aromatic heterocycles. The van der Waals surface area contributed by atoms with E-state index >= 15 is 0 Å². The summed E-state index contributed by atoms with van der Waals surface area (Å²) in [6.07, 6.45) is 2.70. The number of halogens is 1. The van der Waals surface area contributed by atoms with Gasteiger partial charge in [-0.05, 0) is 23.8 Å². The maximum absolute atomic E-state index is 11.8. The Bertz CT molecular complexity index is 559. The minimum Gasteiger partial charge on any atom is -0.482 e. The number of amides is 2. The molecule has 0 aliphatic carbocycles.